The number of aromatic nitrogens is 7. The first-order chi connectivity index (χ1) is 14.6. The van der Waals surface area contributed by atoms with E-state index in [9.17, 15) is 10.2 Å². The van der Waals surface area contributed by atoms with E-state index in [4.69, 9.17) is 4.74 Å². The van der Waals surface area contributed by atoms with Crippen molar-refractivity contribution in [1.82, 2.24) is 39.4 Å². The van der Waals surface area contributed by atoms with Crippen LogP contribution in [0.4, 0.5) is 0 Å². The fourth-order valence-corrected chi connectivity index (χ4v) is 3.81. The van der Waals surface area contributed by atoms with E-state index in [0.717, 1.165) is 16.7 Å². The summed E-state index contributed by atoms with van der Waals surface area (Å²) in [5.41, 5.74) is 3.82. The summed E-state index contributed by atoms with van der Waals surface area (Å²) >= 11 is 0. The Bertz CT molecular complexity index is 1170. The summed E-state index contributed by atoms with van der Waals surface area (Å²) in [6.45, 7) is 3.57. The second-order valence-electron chi connectivity index (χ2n) is 7.34. The van der Waals surface area contributed by atoms with E-state index in [1.54, 1.807) is 29.6 Å². The summed E-state index contributed by atoms with van der Waals surface area (Å²) in [7, 11) is 0. The number of aliphatic hydroxyl groups is 2. The second kappa shape index (κ2) is 7.69. The van der Waals surface area contributed by atoms with Crippen LogP contribution in [0.25, 0.3) is 22.2 Å². The third kappa shape index (κ3) is 3.21. The lowest BCUT2D eigenvalue weighted by atomic mass is 10.1. The molecule has 0 aromatic carbocycles. The van der Waals surface area contributed by atoms with Crippen LogP contribution < -0.4 is 5.32 Å². The van der Waals surface area contributed by atoms with Crippen molar-refractivity contribution in [2.45, 2.75) is 38.0 Å². The normalized spacial score (nSPS) is 24.2. The molecule has 1 aliphatic rings. The van der Waals surface area contributed by atoms with Crippen LogP contribution in [0.15, 0.2) is 37.4 Å². The first-order valence-electron chi connectivity index (χ1n) is 9.75. The van der Waals surface area contributed by atoms with Gasteiger partial charge in [0.1, 0.15) is 30.2 Å². The quantitative estimate of drug-likeness (QED) is 0.369. The molecule has 0 saturated carbocycles. The molecule has 1 saturated heterocycles. The van der Waals surface area contributed by atoms with Crippen molar-refractivity contribution in [3.8, 4) is 0 Å². The zero-order valence-electron chi connectivity index (χ0n) is 16.3. The number of aryl methyl sites for hydroxylation is 1. The summed E-state index contributed by atoms with van der Waals surface area (Å²) in [5, 5.41) is 24.3. The van der Waals surface area contributed by atoms with Crippen LogP contribution in [0.3, 0.4) is 0 Å². The minimum Gasteiger partial charge on any atom is -0.387 e. The molecule has 4 aromatic rings. The van der Waals surface area contributed by atoms with Crippen molar-refractivity contribution in [1.29, 1.82) is 0 Å². The maximum absolute atomic E-state index is 10.5. The zero-order chi connectivity index (χ0) is 20.7. The highest BCUT2D eigenvalue weighted by Crippen LogP contribution is 2.31. The van der Waals surface area contributed by atoms with Gasteiger partial charge in [-0.15, -0.1) is 0 Å². The van der Waals surface area contributed by atoms with E-state index in [-0.39, 0.29) is 0 Å². The van der Waals surface area contributed by atoms with Gasteiger partial charge in [-0.2, -0.15) is 0 Å². The number of aliphatic hydroxyl groups excluding tert-OH is 2. The molecular weight excluding hydrogens is 388 g/mol. The van der Waals surface area contributed by atoms with Gasteiger partial charge in [0.15, 0.2) is 11.9 Å². The van der Waals surface area contributed by atoms with Gasteiger partial charge in [-0.3, -0.25) is 9.55 Å². The lowest BCUT2D eigenvalue weighted by Crippen LogP contribution is -2.38. The predicted molar refractivity (Wildman–Crippen MR) is 106 cm³/mol. The van der Waals surface area contributed by atoms with Gasteiger partial charge in [-0.05, 0) is 13.0 Å². The van der Waals surface area contributed by atoms with Gasteiger partial charge >= 0.3 is 0 Å². The molecule has 4 unspecified atom stereocenters. The molecule has 4 aromatic heterocycles. The van der Waals surface area contributed by atoms with E-state index in [2.05, 4.69) is 30.2 Å². The third-order valence-electron chi connectivity index (χ3n) is 5.45. The predicted octanol–water partition coefficient (Wildman–Crippen LogP) is -0.212. The van der Waals surface area contributed by atoms with Gasteiger partial charge in [0.25, 0.3) is 0 Å². The van der Waals surface area contributed by atoms with E-state index >= 15 is 0 Å². The Labute approximate surface area is 171 Å². The number of ether oxygens (including phenoxy) is 1. The van der Waals surface area contributed by atoms with Crippen LogP contribution in [-0.4, -0.2) is 75.7 Å². The molecule has 0 spiro atoms. The largest absolute Gasteiger partial charge is 0.387 e. The number of rotatable bonds is 6. The summed E-state index contributed by atoms with van der Waals surface area (Å²) in [6.07, 6.45) is 4.84. The molecule has 0 amide bonds. The average Bonchev–Trinajstić information content (AvgIpc) is 3.44. The fourth-order valence-electron chi connectivity index (χ4n) is 3.81. The maximum atomic E-state index is 10.5. The zero-order valence-corrected chi connectivity index (χ0v) is 16.3. The lowest BCUT2D eigenvalue weighted by molar-refractivity contribution is -0.0341. The van der Waals surface area contributed by atoms with Crippen LogP contribution in [0.5, 0.6) is 0 Å². The van der Waals surface area contributed by atoms with E-state index in [1.807, 2.05) is 17.6 Å². The second-order valence-corrected chi connectivity index (χ2v) is 7.34. The van der Waals surface area contributed by atoms with Gasteiger partial charge < -0.3 is 24.8 Å². The van der Waals surface area contributed by atoms with Crippen molar-refractivity contribution in [2.75, 3.05) is 13.1 Å². The highest BCUT2D eigenvalue weighted by atomic mass is 16.6. The molecule has 3 N–H and O–H groups in total. The number of pyridine rings is 1. The third-order valence-corrected chi connectivity index (χ3v) is 5.45. The Morgan fingerprint density at radius 1 is 1.13 bits per heavy atom. The minimum absolute atomic E-state index is 0.389. The Morgan fingerprint density at radius 3 is 2.93 bits per heavy atom. The number of nitrogens with one attached hydrogen (secondary N) is 1. The Hall–Kier alpha value is -2.99. The molecule has 4 atom stereocenters. The topological polar surface area (TPSA) is 136 Å². The molecule has 156 valence electrons. The Balaban J connectivity index is 1.22. The van der Waals surface area contributed by atoms with E-state index < -0.39 is 24.5 Å². The molecule has 30 heavy (non-hydrogen) atoms. The molecule has 1 fully saturated rings. The highest BCUT2D eigenvalue weighted by Gasteiger charge is 2.44. The molecule has 5 rings (SSSR count). The monoisotopic (exact) mass is 410 g/mol. The van der Waals surface area contributed by atoms with Crippen molar-refractivity contribution >= 4 is 22.2 Å². The summed E-state index contributed by atoms with van der Waals surface area (Å²) in [4.78, 5) is 21.2. The smallest absolute Gasteiger partial charge is 0.165 e. The average molecular weight is 410 g/mol. The van der Waals surface area contributed by atoms with Crippen LogP contribution in [0, 0.1) is 6.92 Å². The first kappa shape index (κ1) is 19.0. The molecule has 11 heteroatoms. The number of hydrogen-bond donors (Lipinski definition) is 3. The number of fused-ring (bicyclic) bond motifs is 2. The molecule has 0 bridgehead atoms. The number of hydrogen-bond acceptors (Lipinski definition) is 9. The summed E-state index contributed by atoms with van der Waals surface area (Å²) in [5.74, 6) is 0. The van der Waals surface area contributed by atoms with Crippen LogP contribution in [-0.2, 0) is 11.3 Å². The Kier molecular flexibility index (Phi) is 4.87. The van der Waals surface area contributed by atoms with Crippen molar-refractivity contribution in [3.05, 3.63) is 43.1 Å². The van der Waals surface area contributed by atoms with Crippen molar-refractivity contribution in [3.63, 3.8) is 0 Å². The van der Waals surface area contributed by atoms with Gasteiger partial charge in [-0.1, -0.05) is 0 Å². The van der Waals surface area contributed by atoms with Gasteiger partial charge in [0.05, 0.1) is 35.6 Å². The molecule has 5 heterocycles. The molecule has 1 aliphatic heterocycles. The molecule has 0 radical (unpaired) electrons. The van der Waals surface area contributed by atoms with Crippen molar-refractivity contribution < 1.29 is 14.9 Å². The van der Waals surface area contributed by atoms with Crippen LogP contribution in [0.2, 0.25) is 0 Å². The number of nitrogens with zero attached hydrogens (tertiary/aromatic N) is 7. The van der Waals surface area contributed by atoms with Gasteiger partial charge in [0.2, 0.25) is 0 Å². The molecule has 11 nitrogen and oxygen atoms in total. The highest BCUT2D eigenvalue weighted by molar-refractivity contribution is 5.73. The lowest BCUT2D eigenvalue weighted by Gasteiger charge is -2.16. The molecular formula is C19H22N8O3. The fraction of sp³-hybridized carbons (Fsp3) is 0.421. The first-order valence-corrected chi connectivity index (χ1v) is 9.75. The summed E-state index contributed by atoms with van der Waals surface area (Å²) < 4.78 is 9.61. The Morgan fingerprint density at radius 2 is 2.03 bits per heavy atom. The van der Waals surface area contributed by atoms with Crippen LogP contribution in [0.1, 0.15) is 11.9 Å². The van der Waals surface area contributed by atoms with Crippen LogP contribution >= 0.6 is 0 Å². The standard InChI is InChI=1S/C19H22N8O3/c1-11-15-18(23-8-22-11)27(10-25-15)19-17(29)16(28)14(30-19)7-21-4-5-26-9-24-12-2-3-20-6-13(12)26/h2-3,6,8-10,14,16-17,19,21,28-29H,4-5,7H2,1H3. The number of imidazole rings is 2. The summed E-state index contributed by atoms with van der Waals surface area (Å²) in [6, 6.07) is 1.87. The van der Waals surface area contributed by atoms with E-state index in [0.29, 0.717) is 30.8 Å². The van der Waals surface area contributed by atoms with Crippen molar-refractivity contribution in [2.24, 2.45) is 0 Å². The molecule has 0 aliphatic carbocycles. The maximum Gasteiger partial charge on any atom is 0.165 e. The SMILES string of the molecule is Cc1ncnc2c1ncn2C1OC(CNCCn2cnc3ccncc32)C(O)C1O. The van der Waals surface area contributed by atoms with E-state index in [1.165, 1.54) is 6.33 Å². The minimum atomic E-state index is -1.09. The van der Waals surface area contributed by atoms with Gasteiger partial charge in [-0.25, -0.2) is 19.9 Å². The van der Waals surface area contributed by atoms with Gasteiger partial charge in [0, 0.05) is 25.8 Å².